The van der Waals surface area contributed by atoms with E-state index in [0.29, 0.717) is 11.8 Å². The van der Waals surface area contributed by atoms with E-state index in [9.17, 15) is 5.11 Å². The molecule has 0 spiro atoms. The smallest absolute Gasteiger partial charge is 0.0858 e. The van der Waals surface area contributed by atoms with Crippen molar-refractivity contribution in [2.45, 2.75) is 96.6 Å². The van der Waals surface area contributed by atoms with Gasteiger partial charge in [-0.25, -0.2) is 0 Å². The van der Waals surface area contributed by atoms with Gasteiger partial charge < -0.3 is 10.8 Å². The van der Waals surface area contributed by atoms with Crippen molar-refractivity contribution in [1.82, 2.24) is 0 Å². The summed E-state index contributed by atoms with van der Waals surface area (Å²) in [6, 6.07) is -0.110. The maximum atomic E-state index is 11.7. The minimum atomic E-state index is -0.640. The topological polar surface area (TPSA) is 46.2 Å². The molecule has 2 aliphatic carbocycles. The molecule has 2 aliphatic rings. The molecular weight excluding hydrogens is 246 g/mol. The largest absolute Gasteiger partial charge is 0.388 e. The first-order valence-electron chi connectivity index (χ1n) is 8.84. The molecule has 0 bridgehead atoms. The summed E-state index contributed by atoms with van der Waals surface area (Å²) in [4.78, 5) is 0. The Morgan fingerprint density at radius 2 is 1.15 bits per heavy atom. The van der Waals surface area contributed by atoms with Gasteiger partial charge in [-0.05, 0) is 42.9 Å². The molecule has 0 heterocycles. The quantitative estimate of drug-likeness (QED) is 0.812. The molecule has 0 aromatic rings. The number of hydrogen-bond acceptors (Lipinski definition) is 2. The van der Waals surface area contributed by atoms with Crippen molar-refractivity contribution in [2.24, 2.45) is 23.0 Å². The Labute approximate surface area is 125 Å². The predicted octanol–water partition coefficient (Wildman–Crippen LogP) is 4.25. The molecule has 0 amide bonds. The third-order valence-electron chi connectivity index (χ3n) is 5.95. The van der Waals surface area contributed by atoms with Crippen LogP contribution in [0.2, 0.25) is 0 Å². The Hall–Kier alpha value is -0.0800. The summed E-state index contributed by atoms with van der Waals surface area (Å²) >= 11 is 0. The van der Waals surface area contributed by atoms with Crippen LogP contribution in [0, 0.1) is 17.3 Å². The van der Waals surface area contributed by atoms with Crippen LogP contribution in [0.25, 0.3) is 0 Å². The van der Waals surface area contributed by atoms with Crippen molar-refractivity contribution >= 4 is 0 Å². The van der Waals surface area contributed by atoms with Gasteiger partial charge in [0.15, 0.2) is 0 Å². The van der Waals surface area contributed by atoms with E-state index in [2.05, 4.69) is 20.8 Å². The molecular formula is C18H35NO. The highest BCUT2D eigenvalue weighted by Gasteiger charge is 2.51. The van der Waals surface area contributed by atoms with Gasteiger partial charge in [0.05, 0.1) is 5.60 Å². The molecule has 2 fully saturated rings. The second-order valence-corrected chi connectivity index (χ2v) is 8.40. The van der Waals surface area contributed by atoms with Crippen LogP contribution in [0.3, 0.4) is 0 Å². The lowest BCUT2D eigenvalue weighted by molar-refractivity contribution is -0.130. The van der Waals surface area contributed by atoms with E-state index in [-0.39, 0.29) is 11.5 Å². The van der Waals surface area contributed by atoms with Gasteiger partial charge in [-0.3, -0.25) is 0 Å². The van der Waals surface area contributed by atoms with E-state index in [1.807, 2.05) is 0 Å². The SMILES string of the molecule is CC(C)(C)[C@@H](N)C(O)(C1CCCCC1)C1CCCCC1. The lowest BCUT2D eigenvalue weighted by Gasteiger charge is -2.52. The van der Waals surface area contributed by atoms with Crippen molar-refractivity contribution in [3.05, 3.63) is 0 Å². The van der Waals surface area contributed by atoms with Crippen molar-refractivity contribution in [3.8, 4) is 0 Å². The van der Waals surface area contributed by atoms with Crippen LogP contribution in [-0.4, -0.2) is 16.7 Å². The summed E-state index contributed by atoms with van der Waals surface area (Å²) in [5.74, 6) is 0.849. The predicted molar refractivity (Wildman–Crippen MR) is 85.5 cm³/mol. The molecule has 0 aromatic carbocycles. The van der Waals surface area contributed by atoms with Crippen molar-refractivity contribution in [2.75, 3.05) is 0 Å². The maximum Gasteiger partial charge on any atom is 0.0858 e. The summed E-state index contributed by atoms with van der Waals surface area (Å²) in [5.41, 5.74) is 5.98. The highest BCUT2D eigenvalue weighted by molar-refractivity contribution is 5.05. The Morgan fingerprint density at radius 3 is 1.45 bits per heavy atom. The zero-order chi connectivity index (χ0) is 14.8. The first-order valence-corrected chi connectivity index (χ1v) is 8.84. The molecule has 2 heteroatoms. The molecule has 0 radical (unpaired) electrons. The van der Waals surface area contributed by atoms with E-state index < -0.39 is 5.60 Å². The van der Waals surface area contributed by atoms with E-state index in [1.165, 1.54) is 64.2 Å². The molecule has 0 aromatic heterocycles. The van der Waals surface area contributed by atoms with Gasteiger partial charge in [0, 0.05) is 6.04 Å². The molecule has 0 aliphatic heterocycles. The highest BCUT2D eigenvalue weighted by Crippen LogP contribution is 2.47. The number of rotatable bonds is 3. The van der Waals surface area contributed by atoms with Gasteiger partial charge >= 0.3 is 0 Å². The Kier molecular flexibility index (Phi) is 5.18. The third kappa shape index (κ3) is 3.22. The van der Waals surface area contributed by atoms with Crippen LogP contribution in [0.4, 0.5) is 0 Å². The van der Waals surface area contributed by atoms with Gasteiger partial charge in [0.2, 0.25) is 0 Å². The van der Waals surface area contributed by atoms with Crippen molar-refractivity contribution in [1.29, 1.82) is 0 Å². The lowest BCUT2D eigenvalue weighted by atomic mass is 9.59. The number of hydrogen-bond donors (Lipinski definition) is 2. The molecule has 20 heavy (non-hydrogen) atoms. The normalized spacial score (nSPS) is 25.6. The first kappa shape index (κ1) is 16.3. The van der Waals surface area contributed by atoms with Gasteiger partial charge in [0.1, 0.15) is 0 Å². The highest BCUT2D eigenvalue weighted by atomic mass is 16.3. The molecule has 2 saturated carbocycles. The van der Waals surface area contributed by atoms with E-state index in [1.54, 1.807) is 0 Å². The average molecular weight is 281 g/mol. The molecule has 1 atom stereocenters. The standard InChI is InChI=1S/C18H35NO/c1-17(2,3)16(19)18(20,14-10-6-4-7-11-14)15-12-8-5-9-13-15/h14-16,20H,4-13,19H2,1-3H3/t16-/m1/s1. The second kappa shape index (κ2) is 6.36. The van der Waals surface area contributed by atoms with E-state index in [4.69, 9.17) is 5.73 Å². The zero-order valence-corrected chi connectivity index (χ0v) is 13.8. The molecule has 3 N–H and O–H groups in total. The van der Waals surface area contributed by atoms with Gasteiger partial charge in [-0.1, -0.05) is 59.3 Å². The first-order chi connectivity index (χ1) is 9.37. The summed E-state index contributed by atoms with van der Waals surface area (Å²) < 4.78 is 0. The van der Waals surface area contributed by atoms with Crippen LogP contribution in [0.15, 0.2) is 0 Å². The van der Waals surface area contributed by atoms with Crippen LogP contribution in [-0.2, 0) is 0 Å². The summed E-state index contributed by atoms with van der Waals surface area (Å²) in [7, 11) is 0. The lowest BCUT2D eigenvalue weighted by Crippen LogP contribution is -2.63. The van der Waals surface area contributed by atoms with Gasteiger partial charge in [-0.2, -0.15) is 0 Å². The Morgan fingerprint density at radius 1 is 0.800 bits per heavy atom. The molecule has 0 unspecified atom stereocenters. The second-order valence-electron chi connectivity index (χ2n) is 8.40. The van der Waals surface area contributed by atoms with Gasteiger partial charge in [0.25, 0.3) is 0 Å². The number of aliphatic hydroxyl groups is 1. The monoisotopic (exact) mass is 281 g/mol. The van der Waals surface area contributed by atoms with E-state index >= 15 is 0 Å². The number of nitrogens with two attached hydrogens (primary N) is 1. The zero-order valence-electron chi connectivity index (χ0n) is 13.8. The fraction of sp³-hybridized carbons (Fsp3) is 1.00. The minimum absolute atomic E-state index is 0.0242. The van der Waals surface area contributed by atoms with Crippen LogP contribution >= 0.6 is 0 Å². The minimum Gasteiger partial charge on any atom is -0.388 e. The third-order valence-corrected chi connectivity index (χ3v) is 5.95. The van der Waals surface area contributed by atoms with Gasteiger partial charge in [-0.15, -0.1) is 0 Å². The van der Waals surface area contributed by atoms with Crippen LogP contribution in [0.5, 0.6) is 0 Å². The summed E-state index contributed by atoms with van der Waals surface area (Å²) in [6.07, 6.45) is 12.5. The Balaban J connectivity index is 2.25. The average Bonchev–Trinajstić information content (AvgIpc) is 2.46. The van der Waals surface area contributed by atoms with E-state index in [0.717, 1.165) is 0 Å². The van der Waals surface area contributed by atoms with Crippen molar-refractivity contribution in [3.63, 3.8) is 0 Å². The Bertz CT molecular complexity index is 277. The summed E-state index contributed by atoms with van der Waals surface area (Å²) in [5, 5.41) is 11.7. The molecule has 2 nitrogen and oxygen atoms in total. The van der Waals surface area contributed by atoms with Crippen LogP contribution in [0.1, 0.15) is 85.0 Å². The maximum absolute atomic E-state index is 11.7. The molecule has 2 rings (SSSR count). The van der Waals surface area contributed by atoms with Crippen LogP contribution < -0.4 is 5.73 Å². The van der Waals surface area contributed by atoms with Crippen molar-refractivity contribution < 1.29 is 5.11 Å². The summed E-state index contributed by atoms with van der Waals surface area (Å²) in [6.45, 7) is 6.57. The molecule has 0 saturated heterocycles. The fourth-order valence-electron chi connectivity index (χ4n) is 4.66. The fourth-order valence-corrected chi connectivity index (χ4v) is 4.66. The molecule has 118 valence electrons.